The number of rotatable bonds is 4. The van der Waals surface area contributed by atoms with Crippen LogP contribution in [-0.2, 0) is 21.7 Å². The molecule has 3 heterocycles. The van der Waals surface area contributed by atoms with Gasteiger partial charge in [0.15, 0.2) is 7.28 Å². The molecule has 8 aromatic carbocycles. The molecular formula is C63H61BN2O. The summed E-state index contributed by atoms with van der Waals surface area (Å²) >= 11 is 0. The number of nitrogens with one attached hydrogen (secondary N) is 1. The van der Waals surface area contributed by atoms with Gasteiger partial charge in [0.2, 0.25) is 0 Å². The summed E-state index contributed by atoms with van der Waals surface area (Å²) < 4.78 is 9.72. The summed E-state index contributed by atoms with van der Waals surface area (Å²) in [4.78, 5) is 0. The normalized spacial score (nSPS) is 15.3. The molecule has 2 aliphatic rings. The summed E-state index contributed by atoms with van der Waals surface area (Å²) in [6, 6.07) is 51.2. The maximum absolute atomic E-state index is 7.09. The molecule has 0 saturated heterocycles. The van der Waals surface area contributed by atoms with Crippen molar-refractivity contribution < 1.29 is 4.42 Å². The minimum Gasteiger partial charge on any atom is -0.456 e. The summed E-state index contributed by atoms with van der Waals surface area (Å²) in [5.74, 6) is 0. The molecule has 0 radical (unpaired) electrons. The lowest BCUT2D eigenvalue weighted by Crippen LogP contribution is -2.38. The van der Waals surface area contributed by atoms with Crippen molar-refractivity contribution in [3.05, 3.63) is 161 Å². The van der Waals surface area contributed by atoms with Crippen molar-refractivity contribution in [2.45, 2.75) is 111 Å². The van der Waals surface area contributed by atoms with Crippen LogP contribution in [-0.4, -0.2) is 11.8 Å². The van der Waals surface area contributed by atoms with Crippen LogP contribution in [0.3, 0.4) is 0 Å². The van der Waals surface area contributed by atoms with E-state index in [0.29, 0.717) is 0 Å². The van der Waals surface area contributed by atoms with E-state index in [1.165, 1.54) is 99.1 Å². The third-order valence-electron chi connectivity index (χ3n) is 15.8. The number of anilines is 2. The largest absolute Gasteiger partial charge is 0.456 e. The molecule has 1 aliphatic carbocycles. The van der Waals surface area contributed by atoms with Gasteiger partial charge >= 0.3 is 0 Å². The second-order valence-corrected chi connectivity index (χ2v) is 23.4. The van der Waals surface area contributed by atoms with E-state index in [9.17, 15) is 0 Å². The van der Waals surface area contributed by atoms with Crippen molar-refractivity contribution >= 4 is 84.1 Å². The number of fused-ring (bicyclic) bond motifs is 11. The van der Waals surface area contributed by atoms with Gasteiger partial charge in [-0.1, -0.05) is 165 Å². The number of benzene rings is 8. The first-order valence-corrected chi connectivity index (χ1v) is 24.5. The van der Waals surface area contributed by atoms with Gasteiger partial charge in [0, 0.05) is 55.1 Å². The standard InChI is InChI=1S/C63H61BN2O/c1-36-16-24-41(25-17-36)65-52-33-47-46-32-49-50(63(10,11)29-28-62(49,8)9)35-55(46)67-54(47)34-45(52)48-31-44(38-18-21-39(22-19-38)60(2,3)4)56-43-26-20-37-14-12-13-15-42(37)58(43)66-53-27-23-40(61(5,6)7)30-51(53)64-57(48)59(56)66/h12-27,30-35,64-65H,28-29H2,1-11H3. The molecule has 1 aliphatic heterocycles. The van der Waals surface area contributed by atoms with Gasteiger partial charge < -0.3 is 14.3 Å². The van der Waals surface area contributed by atoms with Crippen molar-refractivity contribution in [1.29, 1.82) is 0 Å². The highest BCUT2D eigenvalue weighted by Crippen LogP contribution is 2.50. The fraction of sp³-hybridized carbons (Fsp3) is 0.270. The van der Waals surface area contributed by atoms with E-state index in [-0.39, 0.29) is 21.7 Å². The van der Waals surface area contributed by atoms with Crippen LogP contribution in [0.25, 0.3) is 82.5 Å². The zero-order valence-corrected chi connectivity index (χ0v) is 41.2. The Morgan fingerprint density at radius 2 is 1.22 bits per heavy atom. The minimum absolute atomic E-state index is 0.00306. The number of nitrogens with zero attached hydrogens (tertiary/aromatic N) is 1. The molecule has 0 unspecified atom stereocenters. The fourth-order valence-corrected chi connectivity index (χ4v) is 11.7. The molecule has 0 spiro atoms. The number of hydrogen-bond acceptors (Lipinski definition) is 2. The lowest BCUT2D eigenvalue weighted by molar-refractivity contribution is 0.332. The maximum atomic E-state index is 7.09. The molecular weight excluding hydrogens is 812 g/mol. The van der Waals surface area contributed by atoms with Crippen molar-refractivity contribution in [2.24, 2.45) is 0 Å². The average molecular weight is 873 g/mol. The van der Waals surface area contributed by atoms with E-state index >= 15 is 0 Å². The van der Waals surface area contributed by atoms with Crippen LogP contribution in [0.1, 0.15) is 110 Å². The fourth-order valence-electron chi connectivity index (χ4n) is 11.7. The van der Waals surface area contributed by atoms with Crippen LogP contribution in [0, 0.1) is 6.92 Å². The Bertz CT molecular complexity index is 3690. The van der Waals surface area contributed by atoms with Gasteiger partial charge in [0.25, 0.3) is 0 Å². The lowest BCUT2D eigenvalue weighted by Gasteiger charge is -2.41. The first kappa shape index (κ1) is 41.9. The maximum Gasteiger partial charge on any atom is 0.198 e. The van der Waals surface area contributed by atoms with Crippen LogP contribution in [0.2, 0.25) is 0 Å². The molecule has 0 fully saturated rings. The molecule has 0 atom stereocenters. The van der Waals surface area contributed by atoms with E-state index in [0.717, 1.165) is 53.6 Å². The van der Waals surface area contributed by atoms with Gasteiger partial charge in [-0.3, -0.25) is 0 Å². The highest BCUT2D eigenvalue weighted by Gasteiger charge is 2.38. The van der Waals surface area contributed by atoms with E-state index in [1.54, 1.807) is 0 Å². The molecule has 10 aromatic rings. The van der Waals surface area contributed by atoms with E-state index < -0.39 is 0 Å². The first-order valence-electron chi connectivity index (χ1n) is 24.5. The zero-order chi connectivity index (χ0) is 46.5. The monoisotopic (exact) mass is 872 g/mol. The van der Waals surface area contributed by atoms with Gasteiger partial charge in [-0.25, -0.2) is 0 Å². The Morgan fingerprint density at radius 1 is 0.567 bits per heavy atom. The predicted molar refractivity (Wildman–Crippen MR) is 290 cm³/mol. The van der Waals surface area contributed by atoms with Gasteiger partial charge in [-0.15, -0.1) is 0 Å². The number of furan rings is 1. The molecule has 4 heteroatoms. The van der Waals surface area contributed by atoms with Crippen LogP contribution in [0.15, 0.2) is 138 Å². The van der Waals surface area contributed by atoms with Crippen molar-refractivity contribution in [3.63, 3.8) is 0 Å². The van der Waals surface area contributed by atoms with Crippen molar-refractivity contribution in [1.82, 2.24) is 4.57 Å². The lowest BCUT2D eigenvalue weighted by atomic mass is 9.58. The highest BCUT2D eigenvalue weighted by atomic mass is 16.3. The topological polar surface area (TPSA) is 30.1 Å². The molecule has 0 amide bonds. The first-order chi connectivity index (χ1) is 31.8. The van der Waals surface area contributed by atoms with Crippen molar-refractivity contribution in [2.75, 3.05) is 5.32 Å². The van der Waals surface area contributed by atoms with Crippen LogP contribution in [0.5, 0.6) is 0 Å². The van der Waals surface area contributed by atoms with E-state index in [4.69, 9.17) is 4.42 Å². The average Bonchev–Trinajstić information content (AvgIpc) is 3.84. The van der Waals surface area contributed by atoms with Gasteiger partial charge in [-0.05, 0) is 140 Å². The summed E-state index contributed by atoms with van der Waals surface area (Å²) in [6.45, 7) is 25.7. The van der Waals surface area contributed by atoms with Gasteiger partial charge in [-0.2, -0.15) is 0 Å². The molecule has 0 saturated carbocycles. The Labute approximate surface area is 396 Å². The summed E-state index contributed by atoms with van der Waals surface area (Å²) in [5, 5.41) is 11.4. The Kier molecular flexibility index (Phi) is 8.91. The molecule has 1 N–H and O–H groups in total. The SMILES string of the molecule is Cc1ccc(Nc2cc3c(cc2-c2cc(-c4ccc(C(C)(C)C)cc4)c4c5ccc6ccccc6c5n5c4c2Bc2cc(C(C)(C)C)ccc2-5)oc2cc4c(cc23)C(C)(C)CCC4(C)C)cc1. The molecule has 67 heavy (non-hydrogen) atoms. The van der Waals surface area contributed by atoms with E-state index in [2.05, 4.69) is 220 Å². The minimum atomic E-state index is 0.00306. The second-order valence-electron chi connectivity index (χ2n) is 23.4. The molecule has 12 rings (SSSR count). The summed E-state index contributed by atoms with van der Waals surface area (Å²) in [7, 11) is 0.807. The second kappa shape index (κ2) is 14.3. The summed E-state index contributed by atoms with van der Waals surface area (Å²) in [6.07, 6.45) is 2.32. The molecule has 332 valence electrons. The Balaban J connectivity index is 1.22. The smallest absolute Gasteiger partial charge is 0.198 e. The van der Waals surface area contributed by atoms with E-state index in [1.807, 2.05) is 0 Å². The van der Waals surface area contributed by atoms with Crippen LogP contribution < -0.4 is 16.2 Å². The molecule has 3 nitrogen and oxygen atoms in total. The van der Waals surface area contributed by atoms with Crippen molar-refractivity contribution in [3.8, 4) is 27.9 Å². The Morgan fingerprint density at radius 3 is 1.94 bits per heavy atom. The predicted octanol–water partition coefficient (Wildman–Crippen LogP) is 15.9. The molecule has 2 aromatic heterocycles. The highest BCUT2D eigenvalue weighted by molar-refractivity contribution is 6.73. The Hall–Kier alpha value is -6.52. The van der Waals surface area contributed by atoms with Gasteiger partial charge in [0.1, 0.15) is 11.2 Å². The zero-order valence-electron chi connectivity index (χ0n) is 41.2. The number of hydrogen-bond donors (Lipinski definition) is 1. The number of aromatic nitrogens is 1. The van der Waals surface area contributed by atoms with Gasteiger partial charge in [0.05, 0.1) is 5.52 Å². The quantitative estimate of drug-likeness (QED) is 0.179. The number of aryl methyl sites for hydroxylation is 1. The van der Waals surface area contributed by atoms with Crippen LogP contribution >= 0.6 is 0 Å². The third-order valence-corrected chi connectivity index (χ3v) is 15.8. The summed E-state index contributed by atoms with van der Waals surface area (Å²) in [5.41, 5.74) is 22.3. The van der Waals surface area contributed by atoms with Crippen LogP contribution in [0.4, 0.5) is 11.4 Å². The third kappa shape index (κ3) is 6.53. The molecule has 0 bridgehead atoms.